The molecule has 1 aromatic rings. The lowest BCUT2D eigenvalue weighted by molar-refractivity contribution is 0.422. The molecule has 0 fully saturated rings. The van der Waals surface area contributed by atoms with Gasteiger partial charge in [-0.2, -0.15) is 23.5 Å². The van der Waals surface area contributed by atoms with E-state index in [0.717, 1.165) is 17.5 Å². The molecule has 0 radical (unpaired) electrons. The summed E-state index contributed by atoms with van der Waals surface area (Å²) in [6.45, 7) is 15.4. The van der Waals surface area contributed by atoms with Crippen molar-refractivity contribution in [1.29, 1.82) is 0 Å². The zero-order valence-electron chi connectivity index (χ0n) is 20.9. The molecule has 0 aliphatic heterocycles. The highest BCUT2D eigenvalue weighted by molar-refractivity contribution is 8.02. The Balaban J connectivity index is 2.33. The van der Waals surface area contributed by atoms with Gasteiger partial charge in [-0.15, -0.1) is 0 Å². The predicted molar refractivity (Wildman–Crippen MR) is 142 cm³/mol. The van der Waals surface area contributed by atoms with Crippen molar-refractivity contribution in [2.45, 2.75) is 111 Å². The molecule has 0 aliphatic rings. The van der Waals surface area contributed by atoms with Gasteiger partial charge < -0.3 is 5.11 Å². The molecule has 30 heavy (non-hydrogen) atoms. The lowest BCUT2D eigenvalue weighted by Crippen LogP contribution is -2.18. The maximum Gasteiger partial charge on any atom is 0.123 e. The molecule has 0 saturated heterocycles. The summed E-state index contributed by atoms with van der Waals surface area (Å²) in [4.78, 5) is 0. The number of hydrogen-bond acceptors (Lipinski definition) is 3. The second kappa shape index (κ2) is 14.0. The van der Waals surface area contributed by atoms with Crippen LogP contribution < -0.4 is 0 Å². The van der Waals surface area contributed by atoms with Crippen LogP contribution in [0.3, 0.4) is 0 Å². The highest BCUT2D eigenvalue weighted by atomic mass is 32.2. The van der Waals surface area contributed by atoms with Crippen molar-refractivity contribution in [1.82, 2.24) is 0 Å². The van der Waals surface area contributed by atoms with Crippen LogP contribution in [0.1, 0.15) is 110 Å². The number of aryl methyl sites for hydroxylation is 1. The lowest BCUT2D eigenvalue weighted by Gasteiger charge is -2.28. The maximum atomic E-state index is 10.9. The van der Waals surface area contributed by atoms with E-state index in [9.17, 15) is 5.11 Å². The normalized spacial score (nSPS) is 12.5. The Morgan fingerprint density at radius 3 is 1.63 bits per heavy atom. The Labute approximate surface area is 196 Å². The van der Waals surface area contributed by atoms with Crippen LogP contribution in [-0.4, -0.2) is 28.1 Å². The van der Waals surface area contributed by atoms with Gasteiger partial charge in [0.2, 0.25) is 0 Å². The zero-order chi connectivity index (χ0) is 22.6. The summed E-state index contributed by atoms with van der Waals surface area (Å²) in [6.07, 6.45) is 10.7. The summed E-state index contributed by atoms with van der Waals surface area (Å²) < 4.78 is 0. The SMILES string of the molecule is CCCCCCCCSCCSCCCc1cc(C(C)(C)C)c(O)c(C(C)(C)C)c1. The molecule has 3 heteroatoms. The van der Waals surface area contributed by atoms with Gasteiger partial charge in [0.25, 0.3) is 0 Å². The molecule has 1 rings (SSSR count). The van der Waals surface area contributed by atoms with Gasteiger partial charge in [-0.3, -0.25) is 0 Å². The van der Waals surface area contributed by atoms with Crippen LogP contribution in [0.4, 0.5) is 0 Å². The van der Waals surface area contributed by atoms with Gasteiger partial charge in [-0.25, -0.2) is 0 Å². The van der Waals surface area contributed by atoms with Crippen LogP contribution in [0.2, 0.25) is 0 Å². The number of aromatic hydroxyl groups is 1. The topological polar surface area (TPSA) is 20.2 Å². The second-order valence-electron chi connectivity index (χ2n) is 10.6. The van der Waals surface area contributed by atoms with Crippen molar-refractivity contribution in [3.63, 3.8) is 0 Å². The molecular weight excluding hydrogens is 404 g/mol. The van der Waals surface area contributed by atoms with Crippen molar-refractivity contribution in [3.05, 3.63) is 28.8 Å². The third kappa shape index (κ3) is 10.8. The lowest BCUT2D eigenvalue weighted by atomic mass is 9.78. The van der Waals surface area contributed by atoms with E-state index in [2.05, 4.69) is 84.1 Å². The molecule has 0 unspecified atom stereocenters. The van der Waals surface area contributed by atoms with Crippen LogP contribution >= 0.6 is 23.5 Å². The van der Waals surface area contributed by atoms with Gasteiger partial charge in [0.05, 0.1) is 0 Å². The fourth-order valence-corrected chi connectivity index (χ4v) is 5.77. The second-order valence-corrected chi connectivity index (χ2v) is 13.1. The quantitative estimate of drug-likeness (QED) is 0.285. The number of hydrogen-bond donors (Lipinski definition) is 1. The van der Waals surface area contributed by atoms with Crippen molar-refractivity contribution in [2.75, 3.05) is 23.0 Å². The minimum absolute atomic E-state index is 0.0396. The number of rotatable bonds is 14. The molecule has 0 heterocycles. The first kappa shape index (κ1) is 27.8. The van der Waals surface area contributed by atoms with E-state index in [4.69, 9.17) is 0 Å². The minimum Gasteiger partial charge on any atom is -0.507 e. The number of benzene rings is 1. The molecule has 0 saturated carbocycles. The van der Waals surface area contributed by atoms with Crippen molar-refractivity contribution < 1.29 is 5.11 Å². The Bertz CT molecular complexity index is 561. The summed E-state index contributed by atoms with van der Waals surface area (Å²) in [7, 11) is 0. The third-order valence-electron chi connectivity index (χ3n) is 5.55. The molecule has 1 N–H and O–H groups in total. The predicted octanol–water partition coefficient (Wildman–Crippen LogP) is 8.75. The van der Waals surface area contributed by atoms with Crippen LogP contribution in [0.15, 0.2) is 12.1 Å². The third-order valence-corrected chi connectivity index (χ3v) is 7.95. The van der Waals surface area contributed by atoms with Gasteiger partial charge in [0.15, 0.2) is 0 Å². The van der Waals surface area contributed by atoms with Gasteiger partial charge in [-0.1, -0.05) is 92.7 Å². The Morgan fingerprint density at radius 1 is 0.667 bits per heavy atom. The molecule has 0 aliphatic carbocycles. The molecule has 174 valence electrons. The number of thioether (sulfide) groups is 2. The molecule has 0 amide bonds. The van der Waals surface area contributed by atoms with E-state index in [-0.39, 0.29) is 10.8 Å². The maximum absolute atomic E-state index is 10.9. The summed E-state index contributed by atoms with van der Waals surface area (Å²) in [5.74, 6) is 5.63. The first-order valence-corrected chi connectivity index (χ1v) is 14.4. The molecular formula is C27H48OS2. The van der Waals surface area contributed by atoms with Gasteiger partial charge in [0, 0.05) is 11.5 Å². The Hall–Kier alpha value is -0.280. The molecule has 0 atom stereocenters. The van der Waals surface area contributed by atoms with E-state index in [1.54, 1.807) is 0 Å². The van der Waals surface area contributed by atoms with E-state index in [0.29, 0.717) is 5.75 Å². The van der Waals surface area contributed by atoms with Crippen molar-refractivity contribution >= 4 is 23.5 Å². The Kier molecular flexibility index (Phi) is 12.9. The largest absolute Gasteiger partial charge is 0.507 e. The fraction of sp³-hybridized carbons (Fsp3) is 0.778. The van der Waals surface area contributed by atoms with Crippen LogP contribution in [0.5, 0.6) is 5.75 Å². The van der Waals surface area contributed by atoms with E-state index >= 15 is 0 Å². The average Bonchev–Trinajstić information content (AvgIpc) is 2.64. The van der Waals surface area contributed by atoms with Gasteiger partial charge in [-0.05, 0) is 58.3 Å². The summed E-state index contributed by atoms with van der Waals surface area (Å²) in [5, 5.41) is 10.9. The fourth-order valence-electron chi connectivity index (χ4n) is 3.67. The van der Waals surface area contributed by atoms with Crippen LogP contribution in [-0.2, 0) is 17.3 Å². The van der Waals surface area contributed by atoms with Crippen molar-refractivity contribution in [2.24, 2.45) is 0 Å². The number of phenols is 1. The molecule has 1 aromatic carbocycles. The monoisotopic (exact) mass is 452 g/mol. The number of phenolic OH excluding ortho intramolecular Hbond substituents is 1. The Morgan fingerprint density at radius 2 is 1.13 bits per heavy atom. The standard InChI is InChI=1S/C27H48OS2/c1-8-9-10-11-12-13-16-29-18-19-30-17-14-15-22-20-23(26(2,3)4)25(28)24(21-22)27(5,6)7/h20-21,28H,8-19H2,1-7H3. The molecule has 0 bridgehead atoms. The molecule has 1 nitrogen and oxygen atoms in total. The summed E-state index contributed by atoms with van der Waals surface area (Å²) in [5.41, 5.74) is 3.47. The highest BCUT2D eigenvalue weighted by Crippen LogP contribution is 2.40. The number of unbranched alkanes of at least 4 members (excludes halogenated alkanes) is 5. The zero-order valence-corrected chi connectivity index (χ0v) is 22.5. The first-order chi connectivity index (χ1) is 14.1. The van der Waals surface area contributed by atoms with Crippen molar-refractivity contribution in [3.8, 4) is 5.75 Å². The van der Waals surface area contributed by atoms with Gasteiger partial charge in [0.1, 0.15) is 5.75 Å². The highest BCUT2D eigenvalue weighted by Gasteiger charge is 2.26. The van der Waals surface area contributed by atoms with E-state index < -0.39 is 0 Å². The molecule has 0 aromatic heterocycles. The van der Waals surface area contributed by atoms with Gasteiger partial charge >= 0.3 is 0 Å². The van der Waals surface area contributed by atoms with Crippen LogP contribution in [0, 0.1) is 0 Å². The smallest absolute Gasteiger partial charge is 0.123 e. The minimum atomic E-state index is -0.0396. The molecule has 0 spiro atoms. The summed E-state index contributed by atoms with van der Waals surface area (Å²) >= 11 is 4.23. The van der Waals surface area contributed by atoms with E-state index in [1.807, 2.05) is 0 Å². The average molecular weight is 453 g/mol. The first-order valence-electron chi connectivity index (χ1n) is 12.1. The van der Waals surface area contributed by atoms with E-state index in [1.165, 1.54) is 73.5 Å². The summed E-state index contributed by atoms with van der Waals surface area (Å²) in [6, 6.07) is 4.48. The van der Waals surface area contributed by atoms with Crippen LogP contribution in [0.25, 0.3) is 0 Å².